The van der Waals surface area contributed by atoms with Crippen molar-refractivity contribution in [3.05, 3.63) is 77.1 Å². The first-order valence-corrected chi connectivity index (χ1v) is 11.0. The van der Waals surface area contributed by atoms with Gasteiger partial charge >= 0.3 is 0 Å². The van der Waals surface area contributed by atoms with E-state index in [9.17, 15) is 9.59 Å². The highest BCUT2D eigenvalue weighted by atomic mass is 16.5. The van der Waals surface area contributed by atoms with Crippen LogP contribution in [-0.2, 0) is 23.3 Å². The van der Waals surface area contributed by atoms with Gasteiger partial charge < -0.3 is 20.7 Å². The highest BCUT2D eigenvalue weighted by Gasteiger charge is 2.19. The molecule has 3 aromatic rings. The number of nitrogens with one attached hydrogen (secondary N) is 3. The van der Waals surface area contributed by atoms with Crippen molar-refractivity contribution in [1.82, 2.24) is 15.3 Å². The summed E-state index contributed by atoms with van der Waals surface area (Å²) in [6.07, 6.45) is 1.39. The predicted octanol–water partition coefficient (Wildman–Crippen LogP) is 4.28. The molecule has 0 saturated heterocycles. The Bertz CT molecular complexity index is 1170. The normalized spacial score (nSPS) is 11.0. The lowest BCUT2D eigenvalue weighted by Crippen LogP contribution is -2.24. The van der Waals surface area contributed by atoms with Crippen LogP contribution in [0.15, 0.2) is 54.9 Å². The first-order valence-electron chi connectivity index (χ1n) is 11.0. The van der Waals surface area contributed by atoms with E-state index in [1.807, 2.05) is 42.5 Å². The maximum Gasteiger partial charge on any atom is 0.255 e. The van der Waals surface area contributed by atoms with Gasteiger partial charge in [-0.3, -0.25) is 9.59 Å². The van der Waals surface area contributed by atoms with E-state index in [4.69, 9.17) is 4.74 Å². The first-order chi connectivity index (χ1) is 16.2. The van der Waals surface area contributed by atoms with E-state index in [0.29, 0.717) is 36.0 Å². The molecule has 0 aliphatic rings. The van der Waals surface area contributed by atoms with Crippen molar-refractivity contribution in [2.75, 3.05) is 17.7 Å². The number of amides is 2. The van der Waals surface area contributed by atoms with Crippen molar-refractivity contribution in [3.63, 3.8) is 0 Å². The number of hydrogen-bond donors (Lipinski definition) is 3. The highest BCUT2D eigenvalue weighted by Crippen LogP contribution is 2.28. The van der Waals surface area contributed by atoms with E-state index >= 15 is 0 Å². The molecule has 8 nitrogen and oxygen atoms in total. The summed E-state index contributed by atoms with van der Waals surface area (Å²) in [5.74, 6) is 1.21. The molecule has 0 fully saturated rings. The van der Waals surface area contributed by atoms with Gasteiger partial charge in [0.2, 0.25) is 5.91 Å². The molecule has 0 saturated carbocycles. The largest absolute Gasteiger partial charge is 0.496 e. The number of benzene rings is 2. The minimum Gasteiger partial charge on any atom is -0.496 e. The number of anilines is 2. The molecule has 1 heterocycles. The van der Waals surface area contributed by atoms with Crippen LogP contribution in [0.5, 0.6) is 5.75 Å². The Morgan fingerprint density at radius 1 is 0.941 bits per heavy atom. The van der Waals surface area contributed by atoms with E-state index < -0.39 is 0 Å². The quantitative estimate of drug-likeness (QED) is 0.462. The Morgan fingerprint density at radius 2 is 1.65 bits per heavy atom. The van der Waals surface area contributed by atoms with E-state index in [-0.39, 0.29) is 17.2 Å². The number of carbonyl (C=O) groups is 2. The van der Waals surface area contributed by atoms with E-state index in [0.717, 1.165) is 16.7 Å². The standard InChI is InChI=1S/C26H31N5O3/c1-17(32)31-24-13-23(29-16-30-24)27-14-18-7-6-8-19(11-18)15-28-25(33)21-12-20(26(2,3)4)9-10-22(21)34-5/h6-13,16H,14-15H2,1-5H3,(H,28,33)(H2,27,29,30,31,32). The number of rotatable bonds is 8. The fraction of sp³-hybridized carbons (Fsp3) is 0.308. The summed E-state index contributed by atoms with van der Waals surface area (Å²) in [4.78, 5) is 32.3. The van der Waals surface area contributed by atoms with Crippen LogP contribution in [0.4, 0.5) is 11.6 Å². The lowest BCUT2D eigenvalue weighted by molar-refractivity contribution is -0.114. The average Bonchev–Trinajstić information content (AvgIpc) is 2.80. The monoisotopic (exact) mass is 461 g/mol. The molecule has 3 rings (SSSR count). The van der Waals surface area contributed by atoms with Gasteiger partial charge in [0.25, 0.3) is 5.91 Å². The van der Waals surface area contributed by atoms with E-state index in [2.05, 4.69) is 46.7 Å². The minimum absolute atomic E-state index is 0.0742. The van der Waals surface area contributed by atoms with Crippen molar-refractivity contribution >= 4 is 23.5 Å². The van der Waals surface area contributed by atoms with Gasteiger partial charge in [0.15, 0.2) is 0 Å². The summed E-state index contributed by atoms with van der Waals surface area (Å²) in [6.45, 7) is 8.67. The zero-order chi connectivity index (χ0) is 24.7. The number of nitrogens with zero attached hydrogens (tertiary/aromatic N) is 2. The van der Waals surface area contributed by atoms with Crippen molar-refractivity contribution < 1.29 is 14.3 Å². The van der Waals surface area contributed by atoms with Gasteiger partial charge in [0.1, 0.15) is 23.7 Å². The average molecular weight is 462 g/mol. The maximum atomic E-state index is 12.9. The molecule has 0 radical (unpaired) electrons. The lowest BCUT2D eigenvalue weighted by atomic mass is 9.86. The summed E-state index contributed by atoms with van der Waals surface area (Å²) >= 11 is 0. The third kappa shape index (κ3) is 6.78. The summed E-state index contributed by atoms with van der Waals surface area (Å²) in [6, 6.07) is 15.3. The fourth-order valence-electron chi connectivity index (χ4n) is 3.37. The Balaban J connectivity index is 1.64. The van der Waals surface area contributed by atoms with Gasteiger partial charge in [-0.1, -0.05) is 51.1 Å². The van der Waals surface area contributed by atoms with Crippen LogP contribution in [-0.4, -0.2) is 28.9 Å². The second kappa shape index (κ2) is 10.8. The van der Waals surface area contributed by atoms with Crippen molar-refractivity contribution in [2.45, 2.75) is 46.2 Å². The molecule has 178 valence electrons. The summed E-state index contributed by atoms with van der Waals surface area (Å²) in [7, 11) is 1.57. The van der Waals surface area contributed by atoms with Crippen LogP contribution in [0.2, 0.25) is 0 Å². The molecule has 2 amide bonds. The molecule has 0 unspecified atom stereocenters. The van der Waals surface area contributed by atoms with Gasteiger partial charge in [-0.25, -0.2) is 9.97 Å². The van der Waals surface area contributed by atoms with Crippen LogP contribution < -0.4 is 20.7 Å². The number of hydrogen-bond acceptors (Lipinski definition) is 6. The SMILES string of the molecule is COc1ccc(C(C)(C)C)cc1C(=O)NCc1cccc(CNc2cc(NC(C)=O)ncn2)c1. The Morgan fingerprint density at radius 3 is 2.32 bits per heavy atom. The van der Waals surface area contributed by atoms with E-state index in [1.54, 1.807) is 13.2 Å². The molecule has 0 bridgehead atoms. The summed E-state index contributed by atoms with van der Waals surface area (Å²) in [5.41, 5.74) is 3.51. The second-order valence-corrected chi connectivity index (χ2v) is 8.99. The number of aromatic nitrogens is 2. The van der Waals surface area contributed by atoms with Crippen molar-refractivity contribution in [1.29, 1.82) is 0 Å². The van der Waals surface area contributed by atoms with Gasteiger partial charge in [0.05, 0.1) is 12.7 Å². The molecule has 34 heavy (non-hydrogen) atoms. The van der Waals surface area contributed by atoms with E-state index in [1.165, 1.54) is 13.3 Å². The molecule has 0 aliphatic heterocycles. The Labute approximate surface area is 200 Å². The zero-order valence-corrected chi connectivity index (χ0v) is 20.2. The maximum absolute atomic E-state index is 12.9. The number of methoxy groups -OCH3 is 1. The smallest absolute Gasteiger partial charge is 0.255 e. The Hall–Kier alpha value is -3.94. The van der Waals surface area contributed by atoms with Crippen LogP contribution in [0, 0.1) is 0 Å². The van der Waals surface area contributed by atoms with Gasteiger partial charge in [0, 0.05) is 26.1 Å². The molecule has 0 spiro atoms. The zero-order valence-electron chi connectivity index (χ0n) is 20.2. The molecular weight excluding hydrogens is 430 g/mol. The fourth-order valence-corrected chi connectivity index (χ4v) is 3.37. The lowest BCUT2D eigenvalue weighted by Gasteiger charge is -2.21. The second-order valence-electron chi connectivity index (χ2n) is 8.99. The molecule has 0 aliphatic carbocycles. The van der Waals surface area contributed by atoms with Crippen LogP contribution in [0.3, 0.4) is 0 Å². The molecule has 2 aromatic carbocycles. The number of carbonyl (C=O) groups excluding carboxylic acids is 2. The minimum atomic E-state index is -0.192. The molecular formula is C26H31N5O3. The molecule has 3 N–H and O–H groups in total. The summed E-state index contributed by atoms with van der Waals surface area (Å²) in [5, 5.41) is 8.85. The van der Waals surface area contributed by atoms with Gasteiger partial charge in [-0.2, -0.15) is 0 Å². The summed E-state index contributed by atoms with van der Waals surface area (Å²) < 4.78 is 5.41. The Kier molecular flexibility index (Phi) is 7.83. The molecule has 1 aromatic heterocycles. The van der Waals surface area contributed by atoms with Crippen molar-refractivity contribution in [2.24, 2.45) is 0 Å². The molecule has 8 heteroatoms. The third-order valence-corrected chi connectivity index (χ3v) is 5.20. The number of ether oxygens (including phenoxy) is 1. The first kappa shape index (κ1) is 24.7. The van der Waals surface area contributed by atoms with Crippen molar-refractivity contribution in [3.8, 4) is 5.75 Å². The van der Waals surface area contributed by atoms with Crippen LogP contribution in [0.1, 0.15) is 54.7 Å². The topological polar surface area (TPSA) is 105 Å². The predicted molar refractivity (Wildman–Crippen MR) is 133 cm³/mol. The molecule has 0 atom stereocenters. The van der Waals surface area contributed by atoms with Gasteiger partial charge in [-0.15, -0.1) is 0 Å². The van der Waals surface area contributed by atoms with Crippen LogP contribution in [0.25, 0.3) is 0 Å². The van der Waals surface area contributed by atoms with Crippen LogP contribution >= 0.6 is 0 Å². The highest BCUT2D eigenvalue weighted by molar-refractivity contribution is 5.97. The van der Waals surface area contributed by atoms with Gasteiger partial charge in [-0.05, 0) is 34.2 Å². The third-order valence-electron chi connectivity index (χ3n) is 5.20.